The first-order chi connectivity index (χ1) is 16.3. The molecule has 2 heterocycles. The molecule has 1 aliphatic heterocycles. The van der Waals surface area contributed by atoms with Gasteiger partial charge in [0.2, 0.25) is 0 Å². The van der Waals surface area contributed by atoms with Crippen LogP contribution in [0.1, 0.15) is 13.3 Å². The number of aromatic nitrogens is 3. The molecule has 3 aromatic rings. The zero-order valence-electron chi connectivity index (χ0n) is 18.0. The summed E-state index contributed by atoms with van der Waals surface area (Å²) in [5.74, 6) is 0.0844. The van der Waals surface area contributed by atoms with Gasteiger partial charge in [-0.15, -0.1) is 18.3 Å². The van der Waals surface area contributed by atoms with Crippen molar-refractivity contribution in [2.24, 2.45) is 4.99 Å². The molecule has 1 aromatic heterocycles. The van der Waals surface area contributed by atoms with Crippen LogP contribution in [0.25, 0.3) is 17.1 Å². The van der Waals surface area contributed by atoms with Crippen LogP contribution in [-0.4, -0.2) is 46.1 Å². The van der Waals surface area contributed by atoms with Crippen molar-refractivity contribution < 1.29 is 27.4 Å². The number of dihydropyridines is 1. The number of nitrogens with zero attached hydrogens (tertiary/aromatic N) is 4. The summed E-state index contributed by atoms with van der Waals surface area (Å²) in [5, 5.41) is 7.03. The largest absolute Gasteiger partial charge is 0.573 e. The summed E-state index contributed by atoms with van der Waals surface area (Å²) in [6, 6.07) is 12.1. The molecule has 11 heteroatoms. The SMILES string of the molecule is CC(OC(=O)Nc1ccc(-c2ncn(-c3ccc(OC(F)(F)F)cc3)n2)cc1)C1=CC=NCC1. The van der Waals surface area contributed by atoms with E-state index < -0.39 is 12.5 Å². The summed E-state index contributed by atoms with van der Waals surface area (Å²) in [6.45, 7) is 2.50. The van der Waals surface area contributed by atoms with Crippen molar-refractivity contribution in [1.82, 2.24) is 14.8 Å². The highest BCUT2D eigenvalue weighted by atomic mass is 19.4. The molecule has 0 saturated carbocycles. The Morgan fingerprint density at radius 1 is 1.12 bits per heavy atom. The van der Waals surface area contributed by atoms with Crippen molar-refractivity contribution in [3.8, 4) is 22.8 Å². The number of hydrogen-bond donors (Lipinski definition) is 1. The third-order valence-electron chi connectivity index (χ3n) is 4.95. The first-order valence-corrected chi connectivity index (χ1v) is 10.3. The molecule has 0 saturated heterocycles. The average molecular weight is 471 g/mol. The van der Waals surface area contributed by atoms with Crippen LogP contribution >= 0.6 is 0 Å². The molecule has 8 nitrogen and oxygen atoms in total. The lowest BCUT2D eigenvalue weighted by molar-refractivity contribution is -0.274. The lowest BCUT2D eigenvalue weighted by Gasteiger charge is -2.18. The Labute approximate surface area is 192 Å². The number of halogens is 3. The lowest BCUT2D eigenvalue weighted by Crippen LogP contribution is -2.22. The number of benzene rings is 2. The maximum Gasteiger partial charge on any atom is 0.573 e. The third-order valence-corrected chi connectivity index (χ3v) is 4.95. The van der Waals surface area contributed by atoms with Gasteiger partial charge in [-0.05, 0) is 73.5 Å². The van der Waals surface area contributed by atoms with E-state index in [0.29, 0.717) is 29.3 Å². The van der Waals surface area contributed by atoms with E-state index in [0.717, 1.165) is 12.0 Å². The van der Waals surface area contributed by atoms with E-state index in [1.54, 1.807) is 30.5 Å². The van der Waals surface area contributed by atoms with Gasteiger partial charge in [0.15, 0.2) is 5.82 Å². The van der Waals surface area contributed by atoms with Crippen LogP contribution < -0.4 is 10.1 Å². The molecule has 1 aliphatic rings. The summed E-state index contributed by atoms with van der Waals surface area (Å²) in [7, 11) is 0. The van der Waals surface area contributed by atoms with Gasteiger partial charge in [0.05, 0.1) is 5.69 Å². The topological polar surface area (TPSA) is 90.6 Å². The standard InChI is InChI=1S/C23H20F3N5O3/c1-15(16-10-12-27-13-11-16)33-22(32)29-18-4-2-17(3-5-18)21-28-14-31(30-21)19-6-8-20(9-7-19)34-23(24,25)26/h2-10,12,14-15H,11,13H2,1H3,(H,29,32). The van der Waals surface area contributed by atoms with E-state index >= 15 is 0 Å². The van der Waals surface area contributed by atoms with Crippen molar-refractivity contribution in [3.05, 3.63) is 66.5 Å². The van der Waals surface area contributed by atoms with E-state index in [2.05, 4.69) is 25.1 Å². The van der Waals surface area contributed by atoms with Gasteiger partial charge in [-0.2, -0.15) is 0 Å². The minimum atomic E-state index is -4.75. The molecule has 34 heavy (non-hydrogen) atoms. The molecule has 0 spiro atoms. The Kier molecular flexibility index (Phi) is 6.62. The fourth-order valence-electron chi connectivity index (χ4n) is 3.25. The quantitative estimate of drug-likeness (QED) is 0.536. The van der Waals surface area contributed by atoms with E-state index in [1.807, 2.05) is 13.0 Å². The highest BCUT2D eigenvalue weighted by molar-refractivity contribution is 5.85. The van der Waals surface area contributed by atoms with E-state index in [-0.39, 0.29) is 11.9 Å². The molecule has 0 radical (unpaired) electrons. The Morgan fingerprint density at radius 3 is 2.50 bits per heavy atom. The molecule has 176 valence electrons. The van der Waals surface area contributed by atoms with Gasteiger partial charge in [0.25, 0.3) is 0 Å². The Balaban J connectivity index is 1.36. The Hall–Kier alpha value is -4.15. The van der Waals surface area contributed by atoms with Crippen LogP contribution in [0.4, 0.5) is 23.7 Å². The van der Waals surface area contributed by atoms with Gasteiger partial charge in [-0.25, -0.2) is 14.5 Å². The second kappa shape index (κ2) is 9.77. The fraction of sp³-hybridized carbons (Fsp3) is 0.217. The number of amides is 1. The third kappa shape index (κ3) is 6.00. The molecule has 4 rings (SSSR count). The summed E-state index contributed by atoms with van der Waals surface area (Å²) in [6.07, 6.45) is 0.0993. The first-order valence-electron chi connectivity index (χ1n) is 10.3. The van der Waals surface area contributed by atoms with E-state index in [9.17, 15) is 18.0 Å². The zero-order valence-corrected chi connectivity index (χ0v) is 18.0. The maximum atomic E-state index is 12.3. The highest BCUT2D eigenvalue weighted by Crippen LogP contribution is 2.24. The van der Waals surface area contributed by atoms with Crippen LogP contribution in [0, 0.1) is 0 Å². The minimum Gasteiger partial charge on any atom is -0.442 e. The molecule has 0 fully saturated rings. The number of carbonyl (C=O) groups is 1. The number of aliphatic imine (C=N–C) groups is 1. The number of ether oxygens (including phenoxy) is 2. The number of rotatable bonds is 6. The molecular formula is C23H20F3N5O3. The van der Waals surface area contributed by atoms with Crippen molar-refractivity contribution >= 4 is 18.0 Å². The molecular weight excluding hydrogens is 451 g/mol. The van der Waals surface area contributed by atoms with Crippen LogP contribution in [-0.2, 0) is 4.74 Å². The highest BCUT2D eigenvalue weighted by Gasteiger charge is 2.31. The van der Waals surface area contributed by atoms with E-state index in [1.165, 1.54) is 35.3 Å². The number of carbonyl (C=O) groups excluding carboxylic acids is 1. The molecule has 0 bridgehead atoms. The van der Waals surface area contributed by atoms with E-state index in [4.69, 9.17) is 4.74 Å². The molecule has 0 aliphatic carbocycles. The predicted octanol–water partition coefficient (Wildman–Crippen LogP) is 5.17. The van der Waals surface area contributed by atoms with Gasteiger partial charge in [-0.3, -0.25) is 10.3 Å². The molecule has 2 aromatic carbocycles. The van der Waals surface area contributed by atoms with Gasteiger partial charge in [0, 0.05) is 24.0 Å². The van der Waals surface area contributed by atoms with Crippen LogP contribution in [0.2, 0.25) is 0 Å². The minimum absolute atomic E-state index is 0.322. The lowest BCUT2D eigenvalue weighted by atomic mass is 10.1. The summed E-state index contributed by atoms with van der Waals surface area (Å²) >= 11 is 0. The van der Waals surface area contributed by atoms with Crippen LogP contribution in [0.5, 0.6) is 5.75 Å². The molecule has 1 amide bonds. The summed E-state index contributed by atoms with van der Waals surface area (Å²) < 4.78 is 47.6. The van der Waals surface area contributed by atoms with Gasteiger partial charge in [-0.1, -0.05) is 0 Å². The number of anilines is 1. The number of allylic oxidation sites excluding steroid dienone is 1. The van der Waals surface area contributed by atoms with Gasteiger partial charge < -0.3 is 9.47 Å². The number of hydrogen-bond acceptors (Lipinski definition) is 6. The van der Waals surface area contributed by atoms with Crippen LogP contribution in [0.15, 0.2) is 71.5 Å². The smallest absolute Gasteiger partial charge is 0.442 e. The fourth-order valence-corrected chi connectivity index (χ4v) is 3.25. The van der Waals surface area contributed by atoms with Crippen molar-refractivity contribution in [2.75, 3.05) is 11.9 Å². The zero-order chi connectivity index (χ0) is 24.1. The molecule has 1 unspecified atom stereocenters. The van der Waals surface area contributed by atoms with Crippen LogP contribution in [0.3, 0.4) is 0 Å². The van der Waals surface area contributed by atoms with Gasteiger partial charge >= 0.3 is 12.5 Å². The second-order valence-electron chi connectivity index (χ2n) is 7.35. The summed E-state index contributed by atoms with van der Waals surface area (Å²) in [5.41, 5.74) is 2.75. The first kappa shape index (κ1) is 23.0. The predicted molar refractivity (Wildman–Crippen MR) is 119 cm³/mol. The monoisotopic (exact) mass is 471 g/mol. The second-order valence-corrected chi connectivity index (χ2v) is 7.35. The van der Waals surface area contributed by atoms with Crippen molar-refractivity contribution in [3.63, 3.8) is 0 Å². The number of alkyl halides is 3. The Morgan fingerprint density at radius 2 is 1.85 bits per heavy atom. The average Bonchev–Trinajstić information content (AvgIpc) is 3.30. The summed E-state index contributed by atoms with van der Waals surface area (Å²) in [4.78, 5) is 20.5. The molecule has 1 N–H and O–H groups in total. The maximum absolute atomic E-state index is 12.3. The van der Waals surface area contributed by atoms with Crippen molar-refractivity contribution in [2.45, 2.75) is 25.8 Å². The Bertz CT molecular complexity index is 1200. The number of nitrogens with one attached hydrogen (secondary N) is 1. The van der Waals surface area contributed by atoms with Gasteiger partial charge in [0.1, 0.15) is 18.2 Å². The molecule has 1 atom stereocenters. The normalized spacial score (nSPS) is 14.3. The van der Waals surface area contributed by atoms with Crippen molar-refractivity contribution in [1.29, 1.82) is 0 Å².